The van der Waals surface area contributed by atoms with Crippen LogP contribution in [0.15, 0.2) is 60.5 Å². The summed E-state index contributed by atoms with van der Waals surface area (Å²) >= 11 is 1.34. The number of anilines is 1. The molecule has 0 N–H and O–H groups in total. The molecule has 1 amide bonds. The third-order valence-corrected chi connectivity index (χ3v) is 6.09. The second-order valence-corrected chi connectivity index (χ2v) is 8.10. The molecule has 0 unspecified atom stereocenters. The summed E-state index contributed by atoms with van der Waals surface area (Å²) in [7, 11) is 0. The number of hydrogen-bond donors (Lipinski definition) is 0. The molecule has 3 heterocycles. The van der Waals surface area contributed by atoms with Gasteiger partial charge in [0.1, 0.15) is 5.82 Å². The molecule has 0 saturated heterocycles. The number of halogens is 1. The molecule has 3 aromatic rings. The molecule has 0 radical (unpaired) electrons. The Morgan fingerprint density at radius 2 is 2.10 bits per heavy atom. The lowest BCUT2D eigenvalue weighted by Crippen LogP contribution is -2.43. The van der Waals surface area contributed by atoms with Gasteiger partial charge in [-0.15, -0.1) is 16.8 Å². The van der Waals surface area contributed by atoms with E-state index in [0.717, 1.165) is 29.7 Å². The van der Waals surface area contributed by atoms with Crippen molar-refractivity contribution in [3.05, 3.63) is 66.8 Å². The Bertz CT molecular complexity index is 1070. The molecule has 1 atom stereocenters. The Hall–Kier alpha value is -3.00. The van der Waals surface area contributed by atoms with Gasteiger partial charge in [0.05, 0.1) is 5.75 Å². The lowest BCUT2D eigenvalue weighted by atomic mass is 9.96. The second-order valence-electron chi connectivity index (χ2n) is 7.15. The summed E-state index contributed by atoms with van der Waals surface area (Å²) in [5.74, 6) is 0.622. The minimum absolute atomic E-state index is 0.0290. The highest BCUT2D eigenvalue weighted by molar-refractivity contribution is 7.99. The van der Waals surface area contributed by atoms with Gasteiger partial charge in [0, 0.05) is 36.2 Å². The molecule has 2 aromatic heterocycles. The van der Waals surface area contributed by atoms with Crippen LogP contribution in [0.25, 0.3) is 11.4 Å². The number of hydrogen-bond acceptors (Lipinski definition) is 5. The van der Waals surface area contributed by atoms with Gasteiger partial charge < -0.3 is 4.90 Å². The van der Waals surface area contributed by atoms with Crippen molar-refractivity contribution < 1.29 is 9.18 Å². The molecule has 154 valence electrons. The number of thioether (sulfide) groups is 1. The van der Waals surface area contributed by atoms with Crippen LogP contribution in [0.2, 0.25) is 0 Å². The first-order valence-electron chi connectivity index (χ1n) is 9.76. The van der Waals surface area contributed by atoms with E-state index in [-0.39, 0.29) is 23.5 Å². The van der Waals surface area contributed by atoms with Crippen molar-refractivity contribution in [3.63, 3.8) is 0 Å². The van der Waals surface area contributed by atoms with E-state index in [4.69, 9.17) is 0 Å². The lowest BCUT2D eigenvalue weighted by Gasteiger charge is -2.35. The maximum Gasteiger partial charge on any atom is 0.237 e. The first-order valence-corrected chi connectivity index (χ1v) is 10.7. The molecular formula is C22H22FN5OS. The van der Waals surface area contributed by atoms with E-state index in [1.807, 2.05) is 23.6 Å². The van der Waals surface area contributed by atoms with Gasteiger partial charge in [0.2, 0.25) is 5.91 Å². The van der Waals surface area contributed by atoms with Crippen LogP contribution in [0, 0.1) is 5.82 Å². The molecule has 8 heteroatoms. The second kappa shape index (κ2) is 8.79. The Morgan fingerprint density at radius 3 is 2.87 bits per heavy atom. The minimum atomic E-state index is -0.272. The van der Waals surface area contributed by atoms with Crippen molar-refractivity contribution in [3.8, 4) is 11.4 Å². The Morgan fingerprint density at radius 1 is 1.30 bits per heavy atom. The van der Waals surface area contributed by atoms with E-state index in [1.54, 1.807) is 29.4 Å². The highest BCUT2D eigenvalue weighted by atomic mass is 32.2. The predicted octanol–water partition coefficient (Wildman–Crippen LogP) is 4.13. The average Bonchev–Trinajstić information content (AvgIpc) is 3.15. The number of allylic oxidation sites excluding steroid dienone is 1. The summed E-state index contributed by atoms with van der Waals surface area (Å²) in [5.41, 5.74) is 2.57. The highest BCUT2D eigenvalue weighted by Gasteiger charge is 2.29. The number of aryl methyl sites for hydroxylation is 1. The smallest absolute Gasteiger partial charge is 0.237 e. The zero-order valence-electron chi connectivity index (χ0n) is 16.7. The minimum Gasteiger partial charge on any atom is -0.309 e. The number of carbonyl (C=O) groups excluding carboxylic acids is 1. The molecule has 0 bridgehead atoms. The topological polar surface area (TPSA) is 63.9 Å². The normalized spacial score (nSPS) is 15.7. The molecule has 1 aromatic carbocycles. The highest BCUT2D eigenvalue weighted by Crippen LogP contribution is 2.32. The summed E-state index contributed by atoms with van der Waals surface area (Å²) in [6.45, 7) is 6.37. The molecule has 0 spiro atoms. The molecule has 4 rings (SSSR count). The van der Waals surface area contributed by atoms with Crippen molar-refractivity contribution in [1.29, 1.82) is 0 Å². The molecule has 1 aliphatic rings. The maximum atomic E-state index is 13.6. The van der Waals surface area contributed by atoms with E-state index >= 15 is 0 Å². The van der Waals surface area contributed by atoms with Crippen LogP contribution in [0.4, 0.5) is 10.1 Å². The Kier molecular flexibility index (Phi) is 5.94. The van der Waals surface area contributed by atoms with Crippen molar-refractivity contribution in [2.45, 2.75) is 37.5 Å². The third-order valence-electron chi connectivity index (χ3n) is 5.13. The zero-order valence-corrected chi connectivity index (χ0v) is 17.5. The number of pyridine rings is 1. The number of amides is 1. The summed E-state index contributed by atoms with van der Waals surface area (Å²) in [4.78, 5) is 18.9. The van der Waals surface area contributed by atoms with Crippen LogP contribution in [0.3, 0.4) is 0 Å². The lowest BCUT2D eigenvalue weighted by molar-refractivity contribution is -0.116. The molecule has 0 aliphatic carbocycles. The molecule has 1 aliphatic heterocycles. The quantitative estimate of drug-likeness (QED) is 0.441. The summed E-state index contributed by atoms with van der Waals surface area (Å²) in [6, 6.07) is 8.44. The number of nitrogens with zero attached hydrogens (tertiary/aromatic N) is 5. The third kappa shape index (κ3) is 4.00. The number of rotatable bonds is 6. The number of aromatic nitrogens is 4. The SMILES string of the molecule is C=CCn1c(SCC(=O)N2c3ccc(F)cc3CC[C@@H]2C)nnc1-c1ccncc1. The van der Waals surface area contributed by atoms with Crippen molar-refractivity contribution in [1.82, 2.24) is 19.7 Å². The first-order chi connectivity index (χ1) is 14.6. The van der Waals surface area contributed by atoms with E-state index < -0.39 is 0 Å². The molecule has 0 fully saturated rings. The van der Waals surface area contributed by atoms with Gasteiger partial charge in [-0.25, -0.2) is 4.39 Å². The fourth-order valence-corrected chi connectivity index (χ4v) is 4.51. The monoisotopic (exact) mass is 423 g/mol. The summed E-state index contributed by atoms with van der Waals surface area (Å²) in [6.07, 6.45) is 6.77. The molecule has 30 heavy (non-hydrogen) atoms. The van der Waals surface area contributed by atoms with E-state index in [2.05, 4.69) is 21.8 Å². The predicted molar refractivity (Wildman–Crippen MR) is 116 cm³/mol. The van der Waals surface area contributed by atoms with Gasteiger partial charge in [-0.2, -0.15) is 0 Å². The number of benzene rings is 1. The fourth-order valence-electron chi connectivity index (χ4n) is 3.70. The van der Waals surface area contributed by atoms with Gasteiger partial charge in [0.15, 0.2) is 11.0 Å². The molecule has 6 nitrogen and oxygen atoms in total. The Labute approximate surface area is 178 Å². The van der Waals surface area contributed by atoms with E-state index in [9.17, 15) is 9.18 Å². The molecular weight excluding hydrogens is 401 g/mol. The standard InChI is InChI=1S/C22H22FN5OS/c1-3-12-27-21(16-8-10-24-11-9-16)25-26-22(27)30-14-20(29)28-15(2)4-5-17-13-18(23)6-7-19(17)28/h3,6-11,13,15H,1,4-5,12,14H2,2H3/t15-/m0/s1. The van der Waals surface area contributed by atoms with Crippen molar-refractivity contribution in [2.75, 3.05) is 10.7 Å². The summed E-state index contributed by atoms with van der Waals surface area (Å²) in [5, 5.41) is 9.25. The Balaban J connectivity index is 1.55. The van der Waals surface area contributed by atoms with Crippen LogP contribution in [-0.2, 0) is 17.8 Å². The van der Waals surface area contributed by atoms with Gasteiger partial charge in [0.25, 0.3) is 0 Å². The molecule has 0 saturated carbocycles. The van der Waals surface area contributed by atoms with Gasteiger partial charge in [-0.05, 0) is 55.7 Å². The van der Waals surface area contributed by atoms with Crippen molar-refractivity contribution in [2.24, 2.45) is 0 Å². The average molecular weight is 424 g/mol. The fraction of sp³-hybridized carbons (Fsp3) is 0.273. The maximum absolute atomic E-state index is 13.6. The first kappa shape index (κ1) is 20.3. The van der Waals surface area contributed by atoms with Crippen LogP contribution >= 0.6 is 11.8 Å². The number of fused-ring (bicyclic) bond motifs is 1. The largest absolute Gasteiger partial charge is 0.309 e. The number of carbonyl (C=O) groups is 1. The van der Waals surface area contributed by atoms with Crippen LogP contribution in [-0.4, -0.2) is 37.5 Å². The van der Waals surface area contributed by atoms with Gasteiger partial charge in [-0.1, -0.05) is 17.8 Å². The van der Waals surface area contributed by atoms with E-state index in [1.165, 1.54) is 23.9 Å². The van der Waals surface area contributed by atoms with Crippen LogP contribution in [0.5, 0.6) is 0 Å². The van der Waals surface area contributed by atoms with Gasteiger partial charge >= 0.3 is 0 Å². The van der Waals surface area contributed by atoms with Gasteiger partial charge in [-0.3, -0.25) is 14.3 Å². The van der Waals surface area contributed by atoms with Crippen LogP contribution in [0.1, 0.15) is 18.9 Å². The van der Waals surface area contributed by atoms with Crippen LogP contribution < -0.4 is 4.90 Å². The summed E-state index contributed by atoms with van der Waals surface area (Å²) < 4.78 is 15.5. The van der Waals surface area contributed by atoms with Crippen molar-refractivity contribution >= 4 is 23.4 Å². The van der Waals surface area contributed by atoms with E-state index in [0.29, 0.717) is 17.5 Å². The zero-order chi connectivity index (χ0) is 21.1.